The Kier molecular flexibility index (Phi) is 4.67. The molecule has 28 heavy (non-hydrogen) atoms. The summed E-state index contributed by atoms with van der Waals surface area (Å²) in [6.45, 7) is 2.35. The average Bonchev–Trinajstić information content (AvgIpc) is 3.37. The zero-order valence-electron chi connectivity index (χ0n) is 15.4. The van der Waals surface area contributed by atoms with E-state index >= 15 is 0 Å². The number of nitrogens with two attached hydrogens (primary N) is 1. The van der Waals surface area contributed by atoms with Gasteiger partial charge >= 0.3 is 0 Å². The Balaban J connectivity index is 1.99. The maximum atomic E-state index is 9.86. The quantitative estimate of drug-likeness (QED) is 0.682. The van der Waals surface area contributed by atoms with Crippen molar-refractivity contribution in [1.29, 1.82) is 5.26 Å². The third-order valence-electron chi connectivity index (χ3n) is 4.54. The highest BCUT2D eigenvalue weighted by molar-refractivity contribution is 7.13. The number of H-pyrrole nitrogens is 1. The Hall–Kier alpha value is -3.44. The second kappa shape index (κ2) is 7.29. The molecule has 142 valence electrons. The van der Waals surface area contributed by atoms with Crippen LogP contribution in [0.15, 0.2) is 47.2 Å². The SMILES string of the molecule is CCOc1c(OC)cccc1[C@H]1C(C#N)=C(N)Oc2n[nH]c(-c3cccs3)c21. The van der Waals surface area contributed by atoms with Crippen molar-refractivity contribution in [3.8, 4) is 34.0 Å². The molecule has 0 radical (unpaired) electrons. The number of aromatic amines is 1. The first-order valence-corrected chi connectivity index (χ1v) is 9.56. The van der Waals surface area contributed by atoms with Crippen LogP contribution in [0.25, 0.3) is 10.6 Å². The number of fused-ring (bicyclic) bond motifs is 1. The van der Waals surface area contributed by atoms with Gasteiger partial charge < -0.3 is 19.9 Å². The molecule has 1 atom stereocenters. The van der Waals surface area contributed by atoms with Crippen LogP contribution in [-0.4, -0.2) is 23.9 Å². The number of benzene rings is 1. The summed E-state index contributed by atoms with van der Waals surface area (Å²) < 4.78 is 17.0. The van der Waals surface area contributed by atoms with Crippen molar-refractivity contribution in [3.63, 3.8) is 0 Å². The number of ether oxygens (including phenoxy) is 3. The maximum absolute atomic E-state index is 9.86. The van der Waals surface area contributed by atoms with E-state index in [9.17, 15) is 5.26 Å². The first kappa shape index (κ1) is 17.9. The van der Waals surface area contributed by atoms with E-state index in [-0.39, 0.29) is 5.88 Å². The summed E-state index contributed by atoms with van der Waals surface area (Å²) in [7, 11) is 1.58. The molecule has 0 saturated heterocycles. The number of para-hydroxylation sites is 1. The second-order valence-corrected chi connectivity index (χ2v) is 6.98. The smallest absolute Gasteiger partial charge is 0.244 e. The van der Waals surface area contributed by atoms with E-state index in [1.54, 1.807) is 18.4 Å². The molecule has 3 aromatic rings. The van der Waals surface area contributed by atoms with E-state index in [2.05, 4.69) is 16.3 Å². The van der Waals surface area contributed by atoms with E-state index in [1.165, 1.54) is 0 Å². The van der Waals surface area contributed by atoms with Gasteiger partial charge in [-0.2, -0.15) is 5.26 Å². The predicted molar refractivity (Wildman–Crippen MR) is 105 cm³/mol. The van der Waals surface area contributed by atoms with E-state index in [4.69, 9.17) is 19.9 Å². The van der Waals surface area contributed by atoms with E-state index in [1.807, 2.05) is 42.6 Å². The predicted octanol–water partition coefficient (Wildman–Crippen LogP) is 3.76. The van der Waals surface area contributed by atoms with Crippen molar-refractivity contribution in [2.75, 3.05) is 13.7 Å². The molecule has 4 rings (SSSR count). The molecule has 2 aromatic heterocycles. The van der Waals surface area contributed by atoms with Crippen LogP contribution in [-0.2, 0) is 0 Å². The van der Waals surface area contributed by atoms with Crippen molar-refractivity contribution >= 4 is 11.3 Å². The number of nitrogens with one attached hydrogen (secondary N) is 1. The summed E-state index contributed by atoms with van der Waals surface area (Å²) in [6, 6.07) is 11.7. The highest BCUT2D eigenvalue weighted by Gasteiger charge is 2.37. The van der Waals surface area contributed by atoms with Gasteiger partial charge in [0.1, 0.15) is 11.6 Å². The number of rotatable bonds is 5. The number of hydrogen-bond acceptors (Lipinski definition) is 7. The van der Waals surface area contributed by atoms with E-state index < -0.39 is 5.92 Å². The number of thiophene rings is 1. The molecule has 0 aliphatic carbocycles. The van der Waals surface area contributed by atoms with Gasteiger partial charge in [0.05, 0.1) is 35.8 Å². The van der Waals surface area contributed by atoms with Gasteiger partial charge in [0.15, 0.2) is 11.5 Å². The Bertz CT molecular complexity index is 1080. The molecule has 3 heterocycles. The minimum atomic E-state index is -0.499. The summed E-state index contributed by atoms with van der Waals surface area (Å²) in [5, 5.41) is 19.2. The summed E-state index contributed by atoms with van der Waals surface area (Å²) in [4.78, 5) is 0.987. The van der Waals surface area contributed by atoms with E-state index in [0.29, 0.717) is 29.6 Å². The molecular formula is C20H18N4O3S. The first-order chi connectivity index (χ1) is 13.7. The molecular weight excluding hydrogens is 376 g/mol. The molecule has 7 nitrogen and oxygen atoms in total. The third kappa shape index (κ3) is 2.77. The van der Waals surface area contributed by atoms with Gasteiger partial charge in [0.2, 0.25) is 11.8 Å². The average molecular weight is 394 g/mol. The van der Waals surface area contributed by atoms with Crippen molar-refractivity contribution in [1.82, 2.24) is 10.2 Å². The van der Waals surface area contributed by atoms with Crippen LogP contribution >= 0.6 is 11.3 Å². The standard InChI is InChI=1S/C20H18N4O3S/c1-3-26-18-11(6-4-7-13(18)25-2)15-12(10-21)19(22)27-20-16(15)17(23-24-20)14-8-5-9-28-14/h4-9,15H,3,22H2,1-2H3,(H,23,24)/t15-/m0/s1. The van der Waals surface area contributed by atoms with Gasteiger partial charge in [-0.05, 0) is 24.4 Å². The molecule has 0 fully saturated rings. The highest BCUT2D eigenvalue weighted by atomic mass is 32.1. The lowest BCUT2D eigenvalue weighted by Gasteiger charge is -2.26. The summed E-state index contributed by atoms with van der Waals surface area (Å²) in [6.07, 6.45) is 0. The number of methoxy groups -OCH3 is 1. The molecule has 0 saturated carbocycles. The molecule has 0 bridgehead atoms. The van der Waals surface area contributed by atoms with Crippen molar-refractivity contribution in [2.45, 2.75) is 12.8 Å². The number of nitriles is 1. The van der Waals surface area contributed by atoms with Gasteiger partial charge in [0, 0.05) is 5.56 Å². The lowest BCUT2D eigenvalue weighted by molar-refractivity contribution is 0.306. The Labute approximate surface area is 166 Å². The molecule has 1 aromatic carbocycles. The van der Waals surface area contributed by atoms with Crippen LogP contribution in [0.2, 0.25) is 0 Å². The molecule has 1 aliphatic rings. The van der Waals surface area contributed by atoms with Gasteiger partial charge in [-0.3, -0.25) is 5.10 Å². The van der Waals surface area contributed by atoms with Gasteiger partial charge in [-0.1, -0.05) is 18.2 Å². The van der Waals surface area contributed by atoms with Crippen LogP contribution < -0.4 is 19.9 Å². The minimum absolute atomic E-state index is 0.0366. The summed E-state index contributed by atoms with van der Waals surface area (Å²) in [5.41, 5.74) is 8.68. The molecule has 0 amide bonds. The van der Waals surface area contributed by atoms with Gasteiger partial charge in [0.25, 0.3) is 0 Å². The number of aromatic nitrogens is 2. The topological polar surface area (TPSA) is 106 Å². The zero-order chi connectivity index (χ0) is 19.7. The van der Waals surface area contributed by atoms with Crippen molar-refractivity contribution in [2.24, 2.45) is 5.73 Å². The van der Waals surface area contributed by atoms with Gasteiger partial charge in [-0.15, -0.1) is 16.4 Å². The van der Waals surface area contributed by atoms with Crippen LogP contribution in [0.5, 0.6) is 17.4 Å². The fourth-order valence-electron chi connectivity index (χ4n) is 3.38. The number of allylic oxidation sites excluding steroid dienone is 1. The second-order valence-electron chi connectivity index (χ2n) is 6.03. The van der Waals surface area contributed by atoms with Crippen molar-refractivity contribution in [3.05, 3.63) is 58.3 Å². The highest BCUT2D eigenvalue weighted by Crippen LogP contribution is 2.50. The maximum Gasteiger partial charge on any atom is 0.244 e. The third-order valence-corrected chi connectivity index (χ3v) is 5.42. The first-order valence-electron chi connectivity index (χ1n) is 8.69. The molecule has 3 N–H and O–H groups in total. The Morgan fingerprint density at radius 1 is 1.36 bits per heavy atom. The van der Waals surface area contributed by atoms with E-state index in [0.717, 1.165) is 21.7 Å². The fourth-order valence-corrected chi connectivity index (χ4v) is 4.12. The van der Waals surface area contributed by atoms with Crippen LogP contribution in [0.4, 0.5) is 0 Å². The molecule has 0 spiro atoms. The Morgan fingerprint density at radius 3 is 2.89 bits per heavy atom. The van der Waals surface area contributed by atoms with Crippen LogP contribution in [0.1, 0.15) is 24.0 Å². The normalized spacial score (nSPS) is 15.5. The molecule has 1 aliphatic heterocycles. The van der Waals surface area contributed by atoms with Crippen LogP contribution in [0, 0.1) is 11.3 Å². The minimum Gasteiger partial charge on any atom is -0.493 e. The molecule has 0 unspecified atom stereocenters. The lowest BCUT2D eigenvalue weighted by atomic mass is 9.83. The summed E-state index contributed by atoms with van der Waals surface area (Å²) in [5.74, 6) is 1.06. The number of nitrogens with zero attached hydrogens (tertiary/aromatic N) is 2. The van der Waals surface area contributed by atoms with Crippen molar-refractivity contribution < 1.29 is 14.2 Å². The summed E-state index contributed by atoms with van der Waals surface area (Å²) >= 11 is 1.57. The number of hydrogen-bond donors (Lipinski definition) is 2. The molecule has 8 heteroatoms. The Morgan fingerprint density at radius 2 is 2.21 bits per heavy atom. The fraction of sp³-hybridized carbons (Fsp3) is 0.200. The lowest BCUT2D eigenvalue weighted by Crippen LogP contribution is -2.21. The monoisotopic (exact) mass is 394 g/mol. The van der Waals surface area contributed by atoms with Gasteiger partial charge in [-0.25, -0.2) is 0 Å². The largest absolute Gasteiger partial charge is 0.493 e. The van der Waals surface area contributed by atoms with Crippen LogP contribution in [0.3, 0.4) is 0 Å². The zero-order valence-corrected chi connectivity index (χ0v) is 16.2.